The Morgan fingerprint density at radius 1 is 1.42 bits per heavy atom. The van der Waals surface area contributed by atoms with Crippen molar-refractivity contribution in [3.05, 3.63) is 17.8 Å². The van der Waals surface area contributed by atoms with Crippen molar-refractivity contribution in [2.24, 2.45) is 5.41 Å². The molecule has 1 aromatic rings. The first kappa shape index (κ1) is 13.8. The van der Waals surface area contributed by atoms with Crippen LogP contribution in [0.5, 0.6) is 0 Å². The molecule has 0 unspecified atom stereocenters. The maximum absolute atomic E-state index is 10.5. The Kier molecular flexibility index (Phi) is 3.77. The molecule has 0 aromatic carbocycles. The summed E-state index contributed by atoms with van der Waals surface area (Å²) in [6.45, 7) is 7.19. The van der Waals surface area contributed by atoms with Crippen LogP contribution in [0.1, 0.15) is 19.5 Å². The number of nitrogens with zero attached hydrogens (tertiary/aromatic N) is 1. The quantitative estimate of drug-likeness (QED) is 0.785. The minimum absolute atomic E-state index is 0.0165. The van der Waals surface area contributed by atoms with Gasteiger partial charge in [-0.2, -0.15) is 0 Å². The predicted molar refractivity (Wildman–Crippen MR) is 71.7 cm³/mol. The first-order valence-electron chi connectivity index (χ1n) is 6.08. The summed E-state index contributed by atoms with van der Waals surface area (Å²) in [6.07, 6.45) is -1.13. The summed E-state index contributed by atoms with van der Waals surface area (Å²) in [4.78, 5) is 14.7. The van der Waals surface area contributed by atoms with E-state index in [0.717, 1.165) is 5.46 Å². The normalized spacial score (nSPS) is 18.2. The first-order chi connectivity index (χ1) is 8.87. The number of aromatic nitrogens is 1. The summed E-state index contributed by atoms with van der Waals surface area (Å²) in [6, 6.07) is 3.37. The van der Waals surface area contributed by atoms with Crippen molar-refractivity contribution < 1.29 is 19.2 Å². The summed E-state index contributed by atoms with van der Waals surface area (Å²) >= 11 is 0. The number of nitrogens with one attached hydrogen (secondary N) is 1. The van der Waals surface area contributed by atoms with Gasteiger partial charge >= 0.3 is 13.2 Å². The van der Waals surface area contributed by atoms with Crippen LogP contribution in [-0.2, 0) is 9.31 Å². The highest BCUT2D eigenvalue weighted by atomic mass is 16.6. The van der Waals surface area contributed by atoms with Gasteiger partial charge in [0.25, 0.3) is 0 Å². The molecule has 1 saturated heterocycles. The molecule has 1 aromatic heterocycles. The van der Waals surface area contributed by atoms with Gasteiger partial charge in [-0.15, -0.1) is 0 Å². The third-order valence-corrected chi connectivity index (χ3v) is 2.87. The lowest BCUT2D eigenvalue weighted by molar-refractivity contribution is 0.0342. The molecule has 0 atom stereocenters. The van der Waals surface area contributed by atoms with Crippen LogP contribution in [0.3, 0.4) is 0 Å². The van der Waals surface area contributed by atoms with Crippen LogP contribution in [0.25, 0.3) is 0 Å². The fourth-order valence-corrected chi connectivity index (χ4v) is 1.87. The molecule has 0 bridgehead atoms. The molecule has 2 heterocycles. The maximum atomic E-state index is 10.5. The fourth-order valence-electron chi connectivity index (χ4n) is 1.87. The molecule has 19 heavy (non-hydrogen) atoms. The largest absolute Gasteiger partial charge is 0.495 e. The average Bonchev–Trinajstić information content (AvgIpc) is 2.29. The minimum Gasteiger partial charge on any atom is -0.465 e. The number of carbonyl (C=O) groups is 1. The van der Waals surface area contributed by atoms with Gasteiger partial charge in [0.1, 0.15) is 5.82 Å². The van der Waals surface area contributed by atoms with Crippen molar-refractivity contribution in [1.82, 2.24) is 4.98 Å². The van der Waals surface area contributed by atoms with Gasteiger partial charge in [-0.05, 0) is 13.0 Å². The van der Waals surface area contributed by atoms with Gasteiger partial charge in [0, 0.05) is 29.8 Å². The lowest BCUT2D eigenvalue weighted by Crippen LogP contribution is -2.48. The number of amides is 1. The predicted octanol–water partition coefficient (Wildman–Crippen LogP) is 1.25. The SMILES string of the molecule is Cc1nc(NC(=O)O)ccc1B1OCC(C)(C)CO1. The van der Waals surface area contributed by atoms with E-state index >= 15 is 0 Å². The third-order valence-electron chi connectivity index (χ3n) is 2.87. The maximum Gasteiger partial charge on any atom is 0.495 e. The molecule has 1 aliphatic rings. The number of rotatable bonds is 2. The van der Waals surface area contributed by atoms with E-state index in [1.807, 2.05) is 0 Å². The van der Waals surface area contributed by atoms with Gasteiger partial charge in [0.05, 0.1) is 0 Å². The fraction of sp³-hybridized carbons (Fsp3) is 0.500. The first-order valence-corrected chi connectivity index (χ1v) is 6.08. The number of hydrogen-bond donors (Lipinski definition) is 2. The van der Waals surface area contributed by atoms with Crippen molar-refractivity contribution in [3.63, 3.8) is 0 Å². The highest BCUT2D eigenvalue weighted by Crippen LogP contribution is 2.21. The number of hydrogen-bond acceptors (Lipinski definition) is 4. The van der Waals surface area contributed by atoms with Crippen LogP contribution in [0, 0.1) is 12.3 Å². The minimum atomic E-state index is -1.13. The van der Waals surface area contributed by atoms with Crippen molar-refractivity contribution in [2.45, 2.75) is 20.8 Å². The molecule has 1 amide bonds. The van der Waals surface area contributed by atoms with Crippen LogP contribution >= 0.6 is 0 Å². The molecule has 7 heteroatoms. The van der Waals surface area contributed by atoms with Crippen molar-refractivity contribution in [1.29, 1.82) is 0 Å². The molecular weight excluding hydrogens is 247 g/mol. The Balaban J connectivity index is 2.11. The van der Waals surface area contributed by atoms with E-state index in [-0.39, 0.29) is 5.41 Å². The van der Waals surface area contributed by atoms with E-state index < -0.39 is 13.2 Å². The van der Waals surface area contributed by atoms with E-state index in [9.17, 15) is 4.79 Å². The van der Waals surface area contributed by atoms with E-state index in [1.165, 1.54) is 0 Å². The lowest BCUT2D eigenvalue weighted by atomic mass is 9.75. The number of anilines is 1. The van der Waals surface area contributed by atoms with E-state index in [0.29, 0.717) is 24.7 Å². The highest BCUT2D eigenvalue weighted by molar-refractivity contribution is 6.61. The zero-order valence-electron chi connectivity index (χ0n) is 11.3. The Morgan fingerprint density at radius 3 is 2.58 bits per heavy atom. The Bertz CT molecular complexity index is 483. The monoisotopic (exact) mass is 264 g/mol. The Morgan fingerprint density at radius 2 is 2.05 bits per heavy atom. The summed E-state index contributed by atoms with van der Waals surface area (Å²) in [5.74, 6) is 0.296. The molecule has 2 N–H and O–H groups in total. The molecule has 0 radical (unpaired) electrons. The second kappa shape index (κ2) is 5.18. The van der Waals surface area contributed by atoms with Crippen molar-refractivity contribution in [3.8, 4) is 0 Å². The smallest absolute Gasteiger partial charge is 0.465 e. The van der Waals surface area contributed by atoms with Gasteiger partial charge in [-0.1, -0.05) is 19.9 Å². The average molecular weight is 264 g/mol. The molecule has 102 valence electrons. The van der Waals surface area contributed by atoms with E-state index in [4.69, 9.17) is 14.4 Å². The molecular formula is C12H17BN2O4. The summed E-state index contributed by atoms with van der Waals surface area (Å²) in [7, 11) is -0.431. The summed E-state index contributed by atoms with van der Waals surface area (Å²) in [5.41, 5.74) is 1.53. The van der Waals surface area contributed by atoms with E-state index in [1.54, 1.807) is 19.1 Å². The van der Waals surface area contributed by atoms with Crippen molar-refractivity contribution >= 4 is 24.5 Å². The molecule has 2 rings (SSSR count). The van der Waals surface area contributed by atoms with Crippen molar-refractivity contribution in [2.75, 3.05) is 18.5 Å². The summed E-state index contributed by atoms with van der Waals surface area (Å²) in [5, 5.41) is 10.8. The second-order valence-electron chi connectivity index (χ2n) is 5.42. The van der Waals surface area contributed by atoms with Crippen LogP contribution in [0.15, 0.2) is 12.1 Å². The third kappa shape index (κ3) is 3.45. The van der Waals surface area contributed by atoms with Crippen LogP contribution in [-0.4, -0.2) is 36.5 Å². The Labute approximate surface area is 112 Å². The van der Waals surface area contributed by atoms with Gasteiger partial charge in [0.2, 0.25) is 0 Å². The zero-order valence-corrected chi connectivity index (χ0v) is 11.3. The molecule has 1 fully saturated rings. The molecule has 0 saturated carbocycles. The van der Waals surface area contributed by atoms with Gasteiger partial charge < -0.3 is 14.4 Å². The van der Waals surface area contributed by atoms with Crippen LogP contribution < -0.4 is 10.8 Å². The molecule has 1 aliphatic heterocycles. The topological polar surface area (TPSA) is 80.7 Å². The molecule has 6 nitrogen and oxygen atoms in total. The van der Waals surface area contributed by atoms with Crippen LogP contribution in [0.2, 0.25) is 0 Å². The zero-order chi connectivity index (χ0) is 14.0. The molecule has 0 aliphatic carbocycles. The summed E-state index contributed by atoms with van der Waals surface area (Å²) < 4.78 is 11.4. The number of pyridine rings is 1. The number of aryl methyl sites for hydroxylation is 1. The van der Waals surface area contributed by atoms with E-state index in [2.05, 4.69) is 24.1 Å². The number of carboxylic acid groups (broad SMARTS) is 1. The van der Waals surface area contributed by atoms with Gasteiger partial charge in [0.15, 0.2) is 0 Å². The van der Waals surface area contributed by atoms with Crippen LogP contribution in [0.4, 0.5) is 10.6 Å². The van der Waals surface area contributed by atoms with Gasteiger partial charge in [-0.25, -0.2) is 9.78 Å². The second-order valence-corrected chi connectivity index (χ2v) is 5.42. The standard InChI is InChI=1S/C12H17BN2O4/c1-8-9(4-5-10(14-8)15-11(16)17)13-18-6-12(2,3)7-19-13/h4-5H,6-7H2,1-3H3,(H,14,15)(H,16,17). The highest BCUT2D eigenvalue weighted by Gasteiger charge is 2.34. The Hall–Kier alpha value is -1.60. The molecule has 0 spiro atoms. The lowest BCUT2D eigenvalue weighted by Gasteiger charge is -2.33. The van der Waals surface area contributed by atoms with Gasteiger partial charge in [-0.3, -0.25) is 5.32 Å².